The number of nitro groups is 1. The molecule has 0 aliphatic rings. The average molecular weight is 288 g/mol. The second-order valence-corrected chi connectivity index (χ2v) is 4.24. The largest absolute Gasteiger partial charge is 0.366 e. The van der Waals surface area contributed by atoms with Gasteiger partial charge in [-0.2, -0.15) is 4.98 Å². The number of rotatable bonds is 7. The molecule has 0 unspecified atom stereocenters. The lowest BCUT2D eigenvalue weighted by Gasteiger charge is -2.10. The fourth-order valence-corrected chi connectivity index (χ4v) is 1.80. The SMILES string of the molecule is C=CCNc1nc(NCCN)nc2ccc([N+](=O)[O-])cc12. The minimum absolute atomic E-state index is 0.00424. The van der Waals surface area contributed by atoms with Gasteiger partial charge in [-0.3, -0.25) is 10.1 Å². The normalized spacial score (nSPS) is 10.3. The molecule has 2 aromatic rings. The minimum Gasteiger partial charge on any atom is -0.366 e. The van der Waals surface area contributed by atoms with Crippen molar-refractivity contribution in [3.8, 4) is 0 Å². The lowest BCUT2D eigenvalue weighted by Crippen LogP contribution is -2.15. The van der Waals surface area contributed by atoms with Gasteiger partial charge in [-0.05, 0) is 6.07 Å². The molecule has 0 bridgehead atoms. The zero-order valence-electron chi connectivity index (χ0n) is 11.4. The molecule has 2 rings (SSSR count). The summed E-state index contributed by atoms with van der Waals surface area (Å²) in [5, 5.41) is 17.5. The monoisotopic (exact) mass is 288 g/mol. The van der Waals surface area contributed by atoms with E-state index in [0.29, 0.717) is 42.3 Å². The third-order valence-electron chi connectivity index (χ3n) is 2.73. The van der Waals surface area contributed by atoms with Crippen LogP contribution in [-0.4, -0.2) is 34.5 Å². The van der Waals surface area contributed by atoms with Crippen LogP contribution in [0.3, 0.4) is 0 Å². The lowest BCUT2D eigenvalue weighted by atomic mass is 10.2. The van der Waals surface area contributed by atoms with Crippen LogP contribution in [0.5, 0.6) is 0 Å². The molecular formula is C13H16N6O2. The summed E-state index contributed by atoms with van der Waals surface area (Å²) in [7, 11) is 0. The fraction of sp³-hybridized carbons (Fsp3) is 0.231. The van der Waals surface area contributed by atoms with Crippen molar-refractivity contribution in [3.05, 3.63) is 41.0 Å². The predicted octanol–water partition coefficient (Wildman–Crippen LogP) is 1.51. The predicted molar refractivity (Wildman–Crippen MR) is 82.4 cm³/mol. The van der Waals surface area contributed by atoms with Crippen molar-refractivity contribution in [1.29, 1.82) is 0 Å². The highest BCUT2D eigenvalue weighted by Gasteiger charge is 2.12. The minimum atomic E-state index is -0.447. The maximum atomic E-state index is 10.9. The number of nitrogens with two attached hydrogens (primary N) is 1. The Morgan fingerprint density at radius 1 is 1.38 bits per heavy atom. The molecule has 1 heterocycles. The van der Waals surface area contributed by atoms with E-state index in [2.05, 4.69) is 27.2 Å². The number of hydrogen-bond acceptors (Lipinski definition) is 7. The first kappa shape index (κ1) is 14.7. The summed E-state index contributed by atoms with van der Waals surface area (Å²) in [5.74, 6) is 0.941. The van der Waals surface area contributed by atoms with Crippen molar-refractivity contribution in [2.75, 3.05) is 30.3 Å². The summed E-state index contributed by atoms with van der Waals surface area (Å²) >= 11 is 0. The topological polar surface area (TPSA) is 119 Å². The second-order valence-electron chi connectivity index (χ2n) is 4.24. The summed E-state index contributed by atoms with van der Waals surface area (Å²) < 4.78 is 0. The summed E-state index contributed by atoms with van der Waals surface area (Å²) in [5.41, 5.74) is 6.05. The van der Waals surface area contributed by atoms with Crippen molar-refractivity contribution in [1.82, 2.24) is 9.97 Å². The third-order valence-corrected chi connectivity index (χ3v) is 2.73. The highest BCUT2D eigenvalue weighted by molar-refractivity contribution is 5.91. The molecule has 8 heteroatoms. The number of non-ortho nitro benzene ring substituents is 1. The van der Waals surface area contributed by atoms with Gasteiger partial charge in [0.25, 0.3) is 5.69 Å². The van der Waals surface area contributed by atoms with E-state index in [-0.39, 0.29) is 5.69 Å². The number of nitrogens with zero attached hydrogens (tertiary/aromatic N) is 3. The summed E-state index contributed by atoms with van der Waals surface area (Å²) in [6, 6.07) is 4.47. The molecule has 0 fully saturated rings. The Labute approximate surface area is 121 Å². The smallest absolute Gasteiger partial charge is 0.270 e. The summed E-state index contributed by atoms with van der Waals surface area (Å²) in [6.45, 7) is 5.12. The first-order chi connectivity index (χ1) is 10.2. The number of anilines is 2. The maximum Gasteiger partial charge on any atom is 0.270 e. The molecule has 21 heavy (non-hydrogen) atoms. The number of fused-ring (bicyclic) bond motifs is 1. The van der Waals surface area contributed by atoms with Crippen LogP contribution in [-0.2, 0) is 0 Å². The lowest BCUT2D eigenvalue weighted by molar-refractivity contribution is -0.384. The van der Waals surface area contributed by atoms with Crippen molar-refractivity contribution in [2.45, 2.75) is 0 Å². The highest BCUT2D eigenvalue weighted by atomic mass is 16.6. The quantitative estimate of drug-likeness (QED) is 0.401. The molecule has 1 aromatic heterocycles. The van der Waals surface area contributed by atoms with Crippen LogP contribution in [0.15, 0.2) is 30.9 Å². The number of benzene rings is 1. The van der Waals surface area contributed by atoms with Gasteiger partial charge in [-0.1, -0.05) is 6.08 Å². The van der Waals surface area contributed by atoms with Gasteiger partial charge in [0.1, 0.15) is 5.82 Å². The third kappa shape index (κ3) is 3.42. The van der Waals surface area contributed by atoms with E-state index in [0.717, 1.165) is 0 Å². The van der Waals surface area contributed by atoms with E-state index in [1.165, 1.54) is 12.1 Å². The first-order valence-electron chi connectivity index (χ1n) is 6.40. The zero-order chi connectivity index (χ0) is 15.2. The molecule has 0 saturated heterocycles. The van der Waals surface area contributed by atoms with E-state index in [1.54, 1.807) is 12.1 Å². The van der Waals surface area contributed by atoms with Gasteiger partial charge in [-0.25, -0.2) is 4.98 Å². The second kappa shape index (κ2) is 6.62. The van der Waals surface area contributed by atoms with Gasteiger partial charge in [0, 0.05) is 37.2 Å². The molecule has 110 valence electrons. The van der Waals surface area contributed by atoms with Crippen LogP contribution < -0.4 is 16.4 Å². The Hall–Kier alpha value is -2.74. The Bertz CT molecular complexity index is 673. The van der Waals surface area contributed by atoms with Crippen LogP contribution in [0.25, 0.3) is 10.9 Å². The Kier molecular flexibility index (Phi) is 4.62. The van der Waals surface area contributed by atoms with E-state index >= 15 is 0 Å². The Balaban J connectivity index is 2.51. The van der Waals surface area contributed by atoms with E-state index in [1.807, 2.05) is 0 Å². The van der Waals surface area contributed by atoms with Crippen molar-refractivity contribution >= 4 is 28.4 Å². The number of hydrogen-bond donors (Lipinski definition) is 3. The molecule has 1 aromatic carbocycles. The van der Waals surface area contributed by atoms with Gasteiger partial charge >= 0.3 is 0 Å². The van der Waals surface area contributed by atoms with Crippen molar-refractivity contribution < 1.29 is 4.92 Å². The van der Waals surface area contributed by atoms with Crippen molar-refractivity contribution in [2.24, 2.45) is 5.73 Å². The van der Waals surface area contributed by atoms with E-state index in [4.69, 9.17) is 5.73 Å². The highest BCUT2D eigenvalue weighted by Crippen LogP contribution is 2.26. The van der Waals surface area contributed by atoms with Crippen LogP contribution in [0.4, 0.5) is 17.5 Å². The molecule has 4 N–H and O–H groups in total. The van der Waals surface area contributed by atoms with Crippen LogP contribution >= 0.6 is 0 Å². The number of nitrogens with one attached hydrogen (secondary N) is 2. The molecule has 0 saturated carbocycles. The molecule has 0 amide bonds. The molecule has 0 spiro atoms. The van der Waals surface area contributed by atoms with Crippen LogP contribution in [0.1, 0.15) is 0 Å². The standard InChI is InChI=1S/C13H16N6O2/c1-2-6-15-12-10-8-9(19(20)21)3-4-11(10)17-13(18-12)16-7-5-14/h2-4,8H,1,5-7,14H2,(H2,15,16,17,18). The van der Waals surface area contributed by atoms with Gasteiger partial charge < -0.3 is 16.4 Å². The summed E-state index contributed by atoms with van der Waals surface area (Å²) in [4.78, 5) is 19.1. The van der Waals surface area contributed by atoms with Gasteiger partial charge in [0.15, 0.2) is 0 Å². The van der Waals surface area contributed by atoms with Crippen LogP contribution in [0.2, 0.25) is 0 Å². The molecule has 0 aliphatic carbocycles. The number of nitro benzene ring substituents is 1. The Morgan fingerprint density at radius 2 is 2.19 bits per heavy atom. The molecule has 8 nitrogen and oxygen atoms in total. The van der Waals surface area contributed by atoms with E-state index < -0.39 is 4.92 Å². The van der Waals surface area contributed by atoms with Crippen LogP contribution in [0, 0.1) is 10.1 Å². The summed E-state index contributed by atoms with van der Waals surface area (Å²) in [6.07, 6.45) is 1.68. The Morgan fingerprint density at radius 3 is 2.86 bits per heavy atom. The van der Waals surface area contributed by atoms with Gasteiger partial charge in [0.05, 0.1) is 10.4 Å². The first-order valence-corrected chi connectivity index (χ1v) is 6.40. The zero-order valence-corrected chi connectivity index (χ0v) is 11.4. The molecular weight excluding hydrogens is 272 g/mol. The van der Waals surface area contributed by atoms with Gasteiger partial charge in [-0.15, -0.1) is 6.58 Å². The number of aromatic nitrogens is 2. The molecule has 0 atom stereocenters. The van der Waals surface area contributed by atoms with Gasteiger partial charge in [0.2, 0.25) is 5.95 Å². The molecule has 0 aliphatic heterocycles. The fourth-order valence-electron chi connectivity index (χ4n) is 1.80. The molecule has 0 radical (unpaired) electrons. The maximum absolute atomic E-state index is 10.9. The van der Waals surface area contributed by atoms with E-state index in [9.17, 15) is 10.1 Å². The van der Waals surface area contributed by atoms with Crippen molar-refractivity contribution in [3.63, 3.8) is 0 Å². The average Bonchev–Trinajstić information content (AvgIpc) is 2.49.